The van der Waals surface area contributed by atoms with Gasteiger partial charge in [-0.1, -0.05) is 6.42 Å². The molecular weight excluding hydrogens is 350 g/mol. The normalized spacial score (nSPS) is 28.1. The fourth-order valence-corrected chi connectivity index (χ4v) is 4.16. The number of piperidine rings is 1. The Labute approximate surface area is 160 Å². The fraction of sp³-hybridized carbons (Fsp3) is 0.833. The number of hydrogen-bond acceptors (Lipinski definition) is 8. The van der Waals surface area contributed by atoms with Gasteiger partial charge >= 0.3 is 11.9 Å². The third kappa shape index (κ3) is 6.99. The number of ether oxygens (including phenoxy) is 2. The lowest BCUT2D eigenvalue weighted by Crippen LogP contribution is -2.50. The molecule has 2 rings (SSSR count). The molecule has 1 aliphatic carbocycles. The van der Waals surface area contributed by atoms with Crippen molar-refractivity contribution in [3.63, 3.8) is 0 Å². The van der Waals surface area contributed by atoms with Crippen molar-refractivity contribution in [1.29, 1.82) is 0 Å². The first kappa shape index (κ1) is 21.4. The summed E-state index contributed by atoms with van der Waals surface area (Å²) < 4.78 is 10.1. The van der Waals surface area contributed by atoms with Crippen molar-refractivity contribution in [1.82, 2.24) is 10.9 Å². The zero-order chi connectivity index (χ0) is 19.6. The standard InChI is InChI=1S/C18H33N5O4/c1-2-26-17(24)7-8-27-18(25)15-10-14-9-12(3-5-13(14)11-21-15)4-6-16(19)22-23-20/h12-15,21,23H,2-11,20H2,1H3,(H2,19,22). The van der Waals surface area contributed by atoms with Crippen molar-refractivity contribution in [3.8, 4) is 0 Å². The minimum Gasteiger partial charge on any atom is -0.466 e. The molecule has 2 fully saturated rings. The van der Waals surface area contributed by atoms with Gasteiger partial charge in [0.25, 0.3) is 0 Å². The maximum absolute atomic E-state index is 12.3. The predicted octanol–water partition coefficient (Wildman–Crippen LogP) is 0.393. The Balaban J connectivity index is 1.74. The summed E-state index contributed by atoms with van der Waals surface area (Å²) >= 11 is 0. The second-order valence-corrected chi connectivity index (χ2v) is 7.39. The van der Waals surface area contributed by atoms with Crippen molar-refractivity contribution in [2.24, 2.45) is 34.4 Å². The molecule has 0 bridgehead atoms. The molecule has 9 nitrogen and oxygen atoms in total. The number of nitrogens with one attached hydrogen (secondary N) is 2. The third-order valence-electron chi connectivity index (χ3n) is 5.57. The van der Waals surface area contributed by atoms with Crippen LogP contribution in [0.2, 0.25) is 0 Å². The number of amidine groups is 1. The number of esters is 2. The fourth-order valence-electron chi connectivity index (χ4n) is 4.16. The minimum absolute atomic E-state index is 0.0698. The van der Waals surface area contributed by atoms with Gasteiger partial charge in [0, 0.05) is 6.42 Å². The van der Waals surface area contributed by atoms with Crippen molar-refractivity contribution in [2.75, 3.05) is 19.8 Å². The van der Waals surface area contributed by atoms with Crippen LogP contribution in [-0.2, 0) is 19.1 Å². The van der Waals surface area contributed by atoms with Crippen LogP contribution in [0.3, 0.4) is 0 Å². The Bertz CT molecular complexity index is 528. The first-order chi connectivity index (χ1) is 13.0. The van der Waals surface area contributed by atoms with E-state index in [9.17, 15) is 9.59 Å². The molecule has 0 aromatic rings. The van der Waals surface area contributed by atoms with Crippen LogP contribution in [0.15, 0.2) is 5.10 Å². The van der Waals surface area contributed by atoms with Gasteiger partial charge < -0.3 is 20.5 Å². The number of hydrogen-bond donors (Lipinski definition) is 4. The smallest absolute Gasteiger partial charge is 0.323 e. The molecule has 0 spiro atoms. The Morgan fingerprint density at radius 1 is 1.19 bits per heavy atom. The maximum atomic E-state index is 12.3. The second kappa shape index (κ2) is 11.1. The number of carbonyl (C=O) groups is 2. The van der Waals surface area contributed by atoms with Crippen LogP contribution in [0.1, 0.15) is 51.9 Å². The minimum atomic E-state index is -0.343. The Morgan fingerprint density at radius 2 is 2.00 bits per heavy atom. The van der Waals surface area contributed by atoms with Gasteiger partial charge in [0.15, 0.2) is 0 Å². The molecule has 1 saturated heterocycles. The molecule has 2 aliphatic rings. The highest BCUT2D eigenvalue weighted by Crippen LogP contribution is 2.40. The van der Waals surface area contributed by atoms with Crippen molar-refractivity contribution >= 4 is 17.8 Å². The van der Waals surface area contributed by atoms with E-state index in [2.05, 4.69) is 16.0 Å². The molecule has 4 unspecified atom stereocenters. The zero-order valence-electron chi connectivity index (χ0n) is 16.1. The van der Waals surface area contributed by atoms with Crippen molar-refractivity contribution in [2.45, 2.75) is 57.9 Å². The molecule has 0 radical (unpaired) electrons. The van der Waals surface area contributed by atoms with Crippen LogP contribution in [-0.4, -0.2) is 43.6 Å². The van der Waals surface area contributed by atoms with Crippen molar-refractivity contribution in [3.05, 3.63) is 0 Å². The van der Waals surface area contributed by atoms with Gasteiger partial charge in [-0.15, -0.1) is 0 Å². The number of nitrogens with zero attached hydrogens (tertiary/aromatic N) is 1. The van der Waals surface area contributed by atoms with E-state index in [0.29, 0.717) is 30.2 Å². The number of nitrogens with two attached hydrogens (primary N) is 2. The SMILES string of the molecule is CCOC(=O)CCOC(=O)C1CC2CC(CC/C(N)=N/NN)CCC2CN1. The van der Waals surface area contributed by atoms with E-state index < -0.39 is 0 Å². The lowest BCUT2D eigenvalue weighted by Gasteiger charge is -2.42. The highest BCUT2D eigenvalue weighted by Gasteiger charge is 2.38. The molecule has 0 aromatic carbocycles. The van der Waals surface area contributed by atoms with Gasteiger partial charge in [-0.3, -0.25) is 9.59 Å². The average Bonchev–Trinajstić information content (AvgIpc) is 2.66. The van der Waals surface area contributed by atoms with E-state index in [1.807, 2.05) is 0 Å². The van der Waals surface area contributed by atoms with Crippen LogP contribution in [0.25, 0.3) is 0 Å². The highest BCUT2D eigenvalue weighted by molar-refractivity contribution is 5.79. The summed E-state index contributed by atoms with van der Waals surface area (Å²) in [6, 6.07) is -0.291. The van der Waals surface area contributed by atoms with Gasteiger partial charge in [0.2, 0.25) is 0 Å². The number of fused-ring (bicyclic) bond motifs is 1. The molecule has 6 N–H and O–H groups in total. The largest absolute Gasteiger partial charge is 0.466 e. The van der Waals surface area contributed by atoms with E-state index in [0.717, 1.165) is 32.2 Å². The number of hydrazine groups is 1. The predicted molar refractivity (Wildman–Crippen MR) is 101 cm³/mol. The van der Waals surface area contributed by atoms with Crippen LogP contribution in [0.4, 0.5) is 0 Å². The monoisotopic (exact) mass is 383 g/mol. The Kier molecular flexibility index (Phi) is 8.80. The summed E-state index contributed by atoms with van der Waals surface area (Å²) in [4.78, 5) is 23.6. The summed E-state index contributed by atoms with van der Waals surface area (Å²) in [7, 11) is 0. The maximum Gasteiger partial charge on any atom is 0.323 e. The van der Waals surface area contributed by atoms with Crippen LogP contribution < -0.4 is 22.4 Å². The topological polar surface area (TPSA) is 141 Å². The van der Waals surface area contributed by atoms with Gasteiger partial charge in [0.05, 0.1) is 13.0 Å². The Hall–Kier alpha value is -1.87. The molecule has 0 amide bonds. The molecule has 0 aromatic heterocycles. The summed E-state index contributed by atoms with van der Waals surface area (Å²) in [5.74, 6) is 6.77. The summed E-state index contributed by atoms with van der Waals surface area (Å²) in [6.07, 6.45) is 6.04. The molecule has 1 aliphatic heterocycles. The average molecular weight is 383 g/mol. The van der Waals surface area contributed by atoms with E-state index >= 15 is 0 Å². The molecular formula is C18H33N5O4. The molecule has 4 atom stereocenters. The molecule has 1 heterocycles. The van der Waals surface area contributed by atoms with Crippen molar-refractivity contribution < 1.29 is 19.1 Å². The van der Waals surface area contributed by atoms with E-state index in [4.69, 9.17) is 21.1 Å². The van der Waals surface area contributed by atoms with E-state index in [1.165, 1.54) is 12.8 Å². The van der Waals surface area contributed by atoms with Gasteiger partial charge in [-0.25, -0.2) is 11.4 Å². The van der Waals surface area contributed by atoms with E-state index in [1.54, 1.807) is 6.92 Å². The first-order valence-electron chi connectivity index (χ1n) is 9.86. The van der Waals surface area contributed by atoms with Gasteiger partial charge in [0.1, 0.15) is 18.5 Å². The third-order valence-corrected chi connectivity index (χ3v) is 5.57. The summed E-state index contributed by atoms with van der Waals surface area (Å²) in [5, 5.41) is 7.11. The Morgan fingerprint density at radius 3 is 2.74 bits per heavy atom. The lowest BCUT2D eigenvalue weighted by molar-refractivity contribution is -0.151. The number of rotatable bonds is 9. The second-order valence-electron chi connectivity index (χ2n) is 7.39. The molecule has 9 heteroatoms. The number of hydrazone groups is 1. The molecule has 1 saturated carbocycles. The van der Waals surface area contributed by atoms with Gasteiger partial charge in [-0.2, -0.15) is 5.10 Å². The zero-order valence-corrected chi connectivity index (χ0v) is 16.1. The highest BCUT2D eigenvalue weighted by atomic mass is 16.5. The van der Waals surface area contributed by atoms with Crippen LogP contribution in [0.5, 0.6) is 0 Å². The molecule has 27 heavy (non-hydrogen) atoms. The van der Waals surface area contributed by atoms with Gasteiger partial charge in [-0.05, 0) is 56.9 Å². The summed E-state index contributed by atoms with van der Waals surface area (Å²) in [6.45, 7) is 3.00. The van der Waals surface area contributed by atoms with E-state index in [-0.39, 0.29) is 31.0 Å². The first-order valence-corrected chi connectivity index (χ1v) is 9.86. The quantitative estimate of drug-likeness (QED) is 0.147. The lowest BCUT2D eigenvalue weighted by atomic mass is 9.69. The van der Waals surface area contributed by atoms with Crippen LogP contribution in [0, 0.1) is 17.8 Å². The summed E-state index contributed by atoms with van der Waals surface area (Å²) in [5.41, 5.74) is 8.01. The molecule has 154 valence electrons. The van der Waals surface area contributed by atoms with Crippen LogP contribution >= 0.6 is 0 Å². The number of carbonyl (C=O) groups excluding carboxylic acids is 2.